The van der Waals surface area contributed by atoms with Crippen LogP contribution in [0, 0.1) is 13.8 Å². The Labute approximate surface area is 141 Å². The van der Waals surface area contributed by atoms with Gasteiger partial charge in [-0.15, -0.1) is 0 Å². The monoisotopic (exact) mass is 329 g/mol. The number of carbonyl (C=O) groups excluding carboxylic acids is 1. The zero-order valence-electron chi connectivity index (χ0n) is 14.3. The Kier molecular flexibility index (Phi) is 4.78. The molecule has 1 aliphatic carbocycles. The maximum absolute atomic E-state index is 12.5. The second kappa shape index (κ2) is 6.98. The Hall–Kier alpha value is -2.44. The van der Waals surface area contributed by atoms with Crippen molar-refractivity contribution in [2.45, 2.75) is 51.7 Å². The highest BCUT2D eigenvalue weighted by Gasteiger charge is 2.26. The van der Waals surface area contributed by atoms with Crippen molar-refractivity contribution in [1.29, 1.82) is 0 Å². The van der Waals surface area contributed by atoms with Crippen LogP contribution in [0.4, 0.5) is 0 Å². The summed E-state index contributed by atoms with van der Waals surface area (Å²) in [7, 11) is 1.86. The molecule has 7 nitrogen and oxygen atoms in total. The molecule has 0 saturated heterocycles. The summed E-state index contributed by atoms with van der Waals surface area (Å²) in [5.74, 6) is 0.531. The predicted octanol–water partition coefficient (Wildman–Crippen LogP) is 1.95. The third-order valence-corrected chi connectivity index (χ3v) is 4.57. The number of rotatable bonds is 4. The van der Waals surface area contributed by atoms with Crippen molar-refractivity contribution in [2.24, 2.45) is 7.05 Å². The minimum atomic E-state index is -0.0311. The van der Waals surface area contributed by atoms with Crippen LogP contribution < -0.4 is 10.1 Å². The zero-order valence-corrected chi connectivity index (χ0v) is 14.3. The molecule has 1 fully saturated rings. The second-order valence-electron chi connectivity index (χ2n) is 6.28. The number of nitrogens with zero attached hydrogens (tertiary/aromatic N) is 4. The van der Waals surface area contributed by atoms with Gasteiger partial charge in [0.05, 0.1) is 17.5 Å². The molecule has 0 radical (unpaired) electrons. The van der Waals surface area contributed by atoms with Crippen molar-refractivity contribution in [2.75, 3.05) is 0 Å². The Morgan fingerprint density at radius 3 is 2.58 bits per heavy atom. The number of hydrogen-bond donors (Lipinski definition) is 1. The van der Waals surface area contributed by atoms with Crippen LogP contribution in [-0.4, -0.2) is 37.8 Å². The number of nitrogens with one attached hydrogen (secondary N) is 1. The van der Waals surface area contributed by atoms with Crippen LogP contribution in [-0.2, 0) is 7.05 Å². The van der Waals surface area contributed by atoms with E-state index < -0.39 is 0 Å². The lowest BCUT2D eigenvalue weighted by Crippen LogP contribution is -2.40. The molecule has 24 heavy (non-hydrogen) atoms. The van der Waals surface area contributed by atoms with E-state index in [1.807, 2.05) is 20.9 Å². The standard InChI is InChI=1S/C17H23N5O2/c1-11-16(12(2)22(3)21-11)17(23)20-13-4-6-14(7-5-13)24-15-10-18-8-9-19-15/h8-10,13-14H,4-7H2,1-3H3,(H,20,23). The van der Waals surface area contributed by atoms with Crippen LogP contribution in [0.2, 0.25) is 0 Å². The van der Waals surface area contributed by atoms with E-state index in [2.05, 4.69) is 20.4 Å². The van der Waals surface area contributed by atoms with E-state index in [1.54, 1.807) is 23.3 Å². The van der Waals surface area contributed by atoms with Gasteiger partial charge < -0.3 is 10.1 Å². The topological polar surface area (TPSA) is 81.9 Å². The Morgan fingerprint density at radius 2 is 2.00 bits per heavy atom. The van der Waals surface area contributed by atoms with Gasteiger partial charge in [-0.05, 0) is 39.5 Å². The van der Waals surface area contributed by atoms with Crippen molar-refractivity contribution < 1.29 is 9.53 Å². The van der Waals surface area contributed by atoms with Gasteiger partial charge in [0.1, 0.15) is 6.10 Å². The molecule has 0 spiro atoms. The summed E-state index contributed by atoms with van der Waals surface area (Å²) in [6, 6.07) is 0.179. The highest BCUT2D eigenvalue weighted by molar-refractivity contribution is 5.96. The third-order valence-electron chi connectivity index (χ3n) is 4.57. The maximum atomic E-state index is 12.5. The van der Waals surface area contributed by atoms with Gasteiger partial charge in [0.2, 0.25) is 5.88 Å². The fourth-order valence-corrected chi connectivity index (χ4v) is 3.20. The molecule has 3 rings (SSSR count). The normalized spacial score (nSPS) is 20.6. The van der Waals surface area contributed by atoms with Crippen LogP contribution in [0.5, 0.6) is 5.88 Å². The fourth-order valence-electron chi connectivity index (χ4n) is 3.20. The molecule has 1 amide bonds. The summed E-state index contributed by atoms with van der Waals surface area (Å²) in [5.41, 5.74) is 2.35. The highest BCUT2D eigenvalue weighted by Crippen LogP contribution is 2.23. The average molecular weight is 329 g/mol. The van der Waals surface area contributed by atoms with Crippen LogP contribution >= 0.6 is 0 Å². The van der Waals surface area contributed by atoms with Crippen molar-refractivity contribution >= 4 is 5.91 Å². The molecule has 128 valence electrons. The van der Waals surface area contributed by atoms with Gasteiger partial charge in [0.25, 0.3) is 5.91 Å². The molecule has 1 aliphatic rings. The van der Waals surface area contributed by atoms with Crippen LogP contribution in [0.1, 0.15) is 47.4 Å². The molecule has 1 N–H and O–H groups in total. The van der Waals surface area contributed by atoms with E-state index in [1.165, 1.54) is 0 Å². The minimum absolute atomic E-state index is 0.0311. The predicted molar refractivity (Wildman–Crippen MR) is 88.9 cm³/mol. The zero-order chi connectivity index (χ0) is 17.1. The van der Waals surface area contributed by atoms with E-state index in [-0.39, 0.29) is 18.1 Å². The van der Waals surface area contributed by atoms with Gasteiger partial charge in [0.15, 0.2) is 0 Å². The summed E-state index contributed by atoms with van der Waals surface area (Å²) in [4.78, 5) is 20.7. The maximum Gasteiger partial charge on any atom is 0.255 e. The van der Waals surface area contributed by atoms with Crippen LogP contribution in [0.25, 0.3) is 0 Å². The molecule has 0 aromatic carbocycles. The molecule has 0 atom stereocenters. The number of aromatic nitrogens is 4. The quantitative estimate of drug-likeness (QED) is 0.927. The number of hydrogen-bond acceptors (Lipinski definition) is 5. The first kappa shape index (κ1) is 16.4. The molecule has 2 aromatic heterocycles. The molecule has 0 unspecified atom stereocenters. The van der Waals surface area contributed by atoms with E-state index in [0.717, 1.165) is 37.1 Å². The Bertz CT molecular complexity index is 705. The first-order valence-electron chi connectivity index (χ1n) is 8.28. The lowest BCUT2D eigenvalue weighted by Gasteiger charge is -2.29. The van der Waals surface area contributed by atoms with E-state index in [9.17, 15) is 4.79 Å². The lowest BCUT2D eigenvalue weighted by atomic mass is 9.92. The van der Waals surface area contributed by atoms with Crippen molar-refractivity contribution in [3.8, 4) is 5.88 Å². The number of aryl methyl sites for hydroxylation is 2. The van der Waals surface area contributed by atoms with Gasteiger partial charge in [0, 0.05) is 31.2 Å². The van der Waals surface area contributed by atoms with Crippen LogP contribution in [0.3, 0.4) is 0 Å². The van der Waals surface area contributed by atoms with Gasteiger partial charge in [-0.25, -0.2) is 4.98 Å². The molecular weight excluding hydrogens is 306 g/mol. The van der Waals surface area contributed by atoms with Crippen LogP contribution in [0.15, 0.2) is 18.6 Å². The SMILES string of the molecule is Cc1nn(C)c(C)c1C(=O)NC1CCC(Oc2cnccn2)CC1. The average Bonchev–Trinajstić information content (AvgIpc) is 2.83. The Balaban J connectivity index is 1.53. The van der Waals surface area contributed by atoms with E-state index in [4.69, 9.17) is 4.74 Å². The number of amides is 1. The molecule has 2 aromatic rings. The van der Waals surface area contributed by atoms with Gasteiger partial charge in [-0.2, -0.15) is 5.10 Å². The highest BCUT2D eigenvalue weighted by atomic mass is 16.5. The van der Waals surface area contributed by atoms with Gasteiger partial charge in [-0.1, -0.05) is 0 Å². The largest absolute Gasteiger partial charge is 0.473 e. The van der Waals surface area contributed by atoms with Gasteiger partial charge >= 0.3 is 0 Å². The summed E-state index contributed by atoms with van der Waals surface area (Å²) in [5, 5.41) is 7.45. The van der Waals surface area contributed by atoms with Gasteiger partial charge in [-0.3, -0.25) is 14.5 Å². The van der Waals surface area contributed by atoms with E-state index >= 15 is 0 Å². The third kappa shape index (κ3) is 3.55. The molecule has 2 heterocycles. The Morgan fingerprint density at radius 1 is 1.25 bits per heavy atom. The lowest BCUT2D eigenvalue weighted by molar-refractivity contribution is 0.0888. The number of ether oxygens (including phenoxy) is 1. The molecular formula is C17H23N5O2. The van der Waals surface area contributed by atoms with E-state index in [0.29, 0.717) is 11.4 Å². The fraction of sp³-hybridized carbons (Fsp3) is 0.529. The molecule has 0 aliphatic heterocycles. The number of carbonyl (C=O) groups is 1. The van der Waals surface area contributed by atoms with Crippen molar-refractivity contribution in [3.63, 3.8) is 0 Å². The van der Waals surface area contributed by atoms with Crippen molar-refractivity contribution in [1.82, 2.24) is 25.1 Å². The second-order valence-corrected chi connectivity index (χ2v) is 6.28. The van der Waals surface area contributed by atoms with Crippen molar-refractivity contribution in [3.05, 3.63) is 35.5 Å². The first-order chi connectivity index (χ1) is 11.5. The molecule has 1 saturated carbocycles. The summed E-state index contributed by atoms with van der Waals surface area (Å²) in [6.07, 6.45) is 8.60. The summed E-state index contributed by atoms with van der Waals surface area (Å²) in [6.45, 7) is 3.79. The molecule has 7 heteroatoms. The minimum Gasteiger partial charge on any atom is -0.473 e. The summed E-state index contributed by atoms with van der Waals surface area (Å²) >= 11 is 0. The first-order valence-corrected chi connectivity index (χ1v) is 8.28. The summed E-state index contributed by atoms with van der Waals surface area (Å²) < 4.78 is 7.58. The molecule has 0 bridgehead atoms. The smallest absolute Gasteiger partial charge is 0.255 e.